The van der Waals surface area contributed by atoms with E-state index in [0.29, 0.717) is 21.8 Å². The number of rotatable bonds is 5. The number of benzene rings is 1. The molecule has 0 unspecified atom stereocenters. The van der Waals surface area contributed by atoms with Crippen LogP contribution in [-0.2, 0) is 19.3 Å². The molecule has 4 aromatic rings. The average Bonchev–Trinajstić information content (AvgIpc) is 3.35. The minimum absolute atomic E-state index is 0.0271. The van der Waals surface area contributed by atoms with E-state index in [1.807, 2.05) is 6.92 Å². The minimum atomic E-state index is -4.77. The molecule has 12 heteroatoms. The fourth-order valence-corrected chi connectivity index (χ4v) is 3.56. The van der Waals surface area contributed by atoms with E-state index in [2.05, 4.69) is 15.2 Å². The van der Waals surface area contributed by atoms with Gasteiger partial charge in [0.15, 0.2) is 17.0 Å². The minimum Gasteiger partial charge on any atom is -0.334 e. The highest BCUT2D eigenvalue weighted by Gasteiger charge is 2.36. The van der Waals surface area contributed by atoms with Crippen molar-refractivity contribution in [1.82, 2.24) is 29.3 Å². The molecule has 0 saturated heterocycles. The maximum atomic E-state index is 13.8. The molecule has 0 atom stereocenters. The Labute approximate surface area is 190 Å². The Hall–Kier alpha value is -3.47. The van der Waals surface area contributed by atoms with Gasteiger partial charge in [-0.15, -0.1) is 0 Å². The third-order valence-corrected chi connectivity index (χ3v) is 5.32. The van der Waals surface area contributed by atoms with Crippen LogP contribution < -0.4 is 0 Å². The van der Waals surface area contributed by atoms with Gasteiger partial charge in [0.25, 0.3) is 5.91 Å². The zero-order chi connectivity index (χ0) is 23.9. The van der Waals surface area contributed by atoms with Crippen LogP contribution in [0.1, 0.15) is 28.8 Å². The number of carbonyl (C=O) groups excluding carboxylic acids is 1. The summed E-state index contributed by atoms with van der Waals surface area (Å²) in [4.78, 5) is 18.4. The van der Waals surface area contributed by atoms with E-state index in [1.54, 1.807) is 4.68 Å². The predicted octanol–water partition coefficient (Wildman–Crippen LogP) is 4.70. The molecule has 0 bridgehead atoms. The number of carbonyl (C=O) groups is 1. The number of aromatic nitrogens is 5. The van der Waals surface area contributed by atoms with Crippen molar-refractivity contribution in [3.05, 3.63) is 70.5 Å². The first-order chi connectivity index (χ1) is 15.6. The van der Waals surface area contributed by atoms with Gasteiger partial charge in [0, 0.05) is 25.2 Å². The summed E-state index contributed by atoms with van der Waals surface area (Å²) in [6.07, 6.45) is -3.31. The first-order valence-electron chi connectivity index (χ1n) is 9.78. The van der Waals surface area contributed by atoms with Gasteiger partial charge in [-0.1, -0.05) is 11.6 Å². The van der Waals surface area contributed by atoms with Gasteiger partial charge in [-0.3, -0.25) is 9.48 Å². The maximum Gasteiger partial charge on any atom is 0.433 e. The second-order valence-corrected chi connectivity index (χ2v) is 7.65. The second kappa shape index (κ2) is 8.47. The number of fused-ring (bicyclic) bond motifs is 1. The topological polar surface area (TPSA) is 68.3 Å². The van der Waals surface area contributed by atoms with Crippen LogP contribution in [0.4, 0.5) is 17.6 Å². The summed E-state index contributed by atoms with van der Waals surface area (Å²) in [5.41, 5.74) is -0.645. The molecule has 0 radical (unpaired) electrons. The SMILES string of the molecule is CCn1ncc(Cl)c1CN(C)C(=O)c1cc2nc(-c3ccc(F)cc3)cc(C(F)(F)F)n2n1. The second-order valence-electron chi connectivity index (χ2n) is 7.25. The average molecular weight is 481 g/mol. The molecule has 3 aromatic heterocycles. The molecular formula is C21H17ClF4N6O. The lowest BCUT2D eigenvalue weighted by Crippen LogP contribution is -2.28. The van der Waals surface area contributed by atoms with Crippen LogP contribution in [-0.4, -0.2) is 42.2 Å². The quantitative estimate of drug-likeness (QED) is 0.388. The highest BCUT2D eigenvalue weighted by molar-refractivity contribution is 6.31. The van der Waals surface area contributed by atoms with Crippen LogP contribution in [0.3, 0.4) is 0 Å². The molecule has 0 N–H and O–H groups in total. The molecular weight excluding hydrogens is 464 g/mol. The molecule has 0 spiro atoms. The Balaban J connectivity index is 1.74. The predicted molar refractivity (Wildman–Crippen MR) is 112 cm³/mol. The molecule has 3 heterocycles. The largest absolute Gasteiger partial charge is 0.433 e. The Morgan fingerprint density at radius 1 is 1.18 bits per heavy atom. The number of alkyl halides is 3. The fraction of sp³-hybridized carbons (Fsp3) is 0.238. The molecule has 0 saturated carbocycles. The van der Waals surface area contributed by atoms with Crippen molar-refractivity contribution >= 4 is 23.2 Å². The highest BCUT2D eigenvalue weighted by atomic mass is 35.5. The summed E-state index contributed by atoms with van der Waals surface area (Å²) < 4.78 is 56.7. The summed E-state index contributed by atoms with van der Waals surface area (Å²) in [7, 11) is 1.48. The van der Waals surface area contributed by atoms with Crippen LogP contribution in [0, 0.1) is 5.82 Å². The lowest BCUT2D eigenvalue weighted by Gasteiger charge is -2.16. The zero-order valence-electron chi connectivity index (χ0n) is 17.4. The van der Waals surface area contributed by atoms with Crippen LogP contribution in [0.2, 0.25) is 5.02 Å². The number of hydrogen-bond donors (Lipinski definition) is 0. The monoisotopic (exact) mass is 480 g/mol. The van der Waals surface area contributed by atoms with Gasteiger partial charge in [0.05, 0.1) is 29.2 Å². The van der Waals surface area contributed by atoms with Gasteiger partial charge in [0.2, 0.25) is 0 Å². The third kappa shape index (κ3) is 4.40. The van der Waals surface area contributed by atoms with Crippen molar-refractivity contribution in [3.8, 4) is 11.3 Å². The van der Waals surface area contributed by atoms with Gasteiger partial charge < -0.3 is 4.90 Å². The van der Waals surface area contributed by atoms with Crippen molar-refractivity contribution < 1.29 is 22.4 Å². The van der Waals surface area contributed by atoms with Crippen LogP contribution >= 0.6 is 11.6 Å². The molecule has 0 aliphatic rings. The fourth-order valence-electron chi connectivity index (χ4n) is 3.36. The number of nitrogens with zero attached hydrogens (tertiary/aromatic N) is 6. The first-order valence-corrected chi connectivity index (χ1v) is 10.2. The molecule has 1 amide bonds. The van der Waals surface area contributed by atoms with Crippen LogP contribution in [0.15, 0.2) is 42.6 Å². The molecule has 0 fully saturated rings. The number of amides is 1. The molecule has 0 aliphatic heterocycles. The van der Waals surface area contributed by atoms with E-state index in [1.165, 1.54) is 36.3 Å². The lowest BCUT2D eigenvalue weighted by molar-refractivity contribution is -0.142. The number of aryl methyl sites for hydroxylation is 1. The highest BCUT2D eigenvalue weighted by Crippen LogP contribution is 2.32. The van der Waals surface area contributed by atoms with E-state index < -0.39 is 23.6 Å². The maximum absolute atomic E-state index is 13.8. The lowest BCUT2D eigenvalue weighted by atomic mass is 10.1. The van der Waals surface area contributed by atoms with E-state index >= 15 is 0 Å². The van der Waals surface area contributed by atoms with Crippen molar-refractivity contribution in [2.24, 2.45) is 0 Å². The molecule has 1 aromatic carbocycles. The van der Waals surface area contributed by atoms with Crippen molar-refractivity contribution in [1.29, 1.82) is 0 Å². The van der Waals surface area contributed by atoms with E-state index in [4.69, 9.17) is 11.6 Å². The van der Waals surface area contributed by atoms with Crippen molar-refractivity contribution in [3.63, 3.8) is 0 Å². The normalized spacial score (nSPS) is 11.8. The molecule has 0 aliphatic carbocycles. The van der Waals surface area contributed by atoms with Crippen LogP contribution in [0.5, 0.6) is 0 Å². The Morgan fingerprint density at radius 2 is 1.88 bits per heavy atom. The zero-order valence-corrected chi connectivity index (χ0v) is 18.2. The van der Waals surface area contributed by atoms with Gasteiger partial charge in [-0.05, 0) is 37.3 Å². The van der Waals surface area contributed by atoms with Gasteiger partial charge in [-0.2, -0.15) is 23.4 Å². The summed E-state index contributed by atoms with van der Waals surface area (Å²) in [6.45, 7) is 2.48. The van der Waals surface area contributed by atoms with Gasteiger partial charge in [-0.25, -0.2) is 13.9 Å². The van der Waals surface area contributed by atoms with E-state index in [0.717, 1.165) is 18.2 Å². The van der Waals surface area contributed by atoms with Gasteiger partial charge >= 0.3 is 6.18 Å². The molecule has 33 heavy (non-hydrogen) atoms. The number of hydrogen-bond acceptors (Lipinski definition) is 4. The van der Waals surface area contributed by atoms with Crippen molar-refractivity contribution in [2.45, 2.75) is 26.2 Å². The standard InChI is InChI=1S/C21H17ClF4N6O/c1-3-31-17(14(22)10-27-31)11-30(2)20(33)16-9-19-28-15(12-4-6-13(23)7-5-12)8-18(21(24,25)26)32(19)29-16/h4-10H,3,11H2,1-2H3. The molecule has 7 nitrogen and oxygen atoms in total. The Morgan fingerprint density at radius 3 is 2.52 bits per heavy atom. The van der Waals surface area contributed by atoms with Crippen molar-refractivity contribution in [2.75, 3.05) is 7.05 Å². The van der Waals surface area contributed by atoms with E-state index in [9.17, 15) is 22.4 Å². The van der Waals surface area contributed by atoms with Crippen LogP contribution in [0.25, 0.3) is 16.9 Å². The summed E-state index contributed by atoms with van der Waals surface area (Å²) in [5.74, 6) is -1.14. The Bertz CT molecular complexity index is 1330. The molecule has 4 rings (SSSR count). The Kier molecular flexibility index (Phi) is 5.83. The summed E-state index contributed by atoms with van der Waals surface area (Å²) >= 11 is 6.14. The number of halogens is 5. The van der Waals surface area contributed by atoms with E-state index in [-0.39, 0.29) is 29.1 Å². The summed E-state index contributed by atoms with van der Waals surface area (Å²) in [5, 5.41) is 8.35. The summed E-state index contributed by atoms with van der Waals surface area (Å²) in [6, 6.07) is 6.89. The third-order valence-electron chi connectivity index (χ3n) is 5.01. The first kappa shape index (κ1) is 22.7. The smallest absolute Gasteiger partial charge is 0.334 e. The van der Waals surface area contributed by atoms with Gasteiger partial charge in [0.1, 0.15) is 5.82 Å². The molecule has 172 valence electrons.